The van der Waals surface area contributed by atoms with Gasteiger partial charge in [-0.3, -0.25) is 0 Å². The Morgan fingerprint density at radius 2 is 1.00 bits per heavy atom. The van der Waals surface area contributed by atoms with E-state index < -0.39 is 20.8 Å². The summed E-state index contributed by atoms with van der Waals surface area (Å²) in [5, 5.41) is 0. The molecular formula is C28H36Cl2SiZr. The first-order chi connectivity index (χ1) is 15.0. The van der Waals surface area contributed by atoms with Gasteiger partial charge in [0, 0.05) is 9.52 Å². The summed E-state index contributed by atoms with van der Waals surface area (Å²) in [5.41, 5.74) is 5.71. The van der Waals surface area contributed by atoms with Crippen LogP contribution in [0.15, 0.2) is 60.7 Å². The number of hydrogen-bond donors (Lipinski definition) is 0. The molecule has 4 rings (SSSR count). The molecule has 2 aromatic rings. The van der Waals surface area contributed by atoms with Crippen LogP contribution in [-0.2, 0) is 20.8 Å². The average Bonchev–Trinajstić information content (AvgIpc) is 3.34. The third-order valence-electron chi connectivity index (χ3n) is 5.28. The van der Waals surface area contributed by atoms with E-state index in [2.05, 4.69) is 127 Å². The van der Waals surface area contributed by atoms with Crippen LogP contribution in [0, 0.1) is 24.7 Å². The Hall–Kier alpha value is -0.400. The number of allylic oxidation sites excluding steroid dienone is 2. The van der Waals surface area contributed by atoms with E-state index in [0.29, 0.717) is 11.8 Å². The summed E-state index contributed by atoms with van der Waals surface area (Å²) in [6.45, 7) is 21.4. The van der Waals surface area contributed by atoms with Crippen molar-refractivity contribution in [3.05, 3.63) is 96.8 Å². The Kier molecular flexibility index (Phi) is 13.1. The number of benzene rings is 2. The van der Waals surface area contributed by atoms with Crippen LogP contribution in [0.1, 0.15) is 61.8 Å². The minimum atomic E-state index is -0.826. The normalized spacial score (nSPS) is 17.4. The van der Waals surface area contributed by atoms with Crippen molar-refractivity contribution in [3.63, 3.8) is 0 Å². The van der Waals surface area contributed by atoms with Gasteiger partial charge in [0.1, 0.15) is 0 Å². The Labute approximate surface area is 218 Å². The van der Waals surface area contributed by atoms with E-state index in [-0.39, 0.29) is 10.8 Å². The first kappa shape index (κ1) is 29.6. The fourth-order valence-electron chi connectivity index (χ4n) is 3.86. The van der Waals surface area contributed by atoms with Crippen molar-refractivity contribution in [2.45, 2.75) is 52.6 Å². The molecular weight excluding hydrogens is 527 g/mol. The van der Waals surface area contributed by atoms with Crippen molar-refractivity contribution in [1.29, 1.82) is 0 Å². The number of rotatable bonds is 2. The quantitative estimate of drug-likeness (QED) is 0.253. The van der Waals surface area contributed by atoms with Crippen LogP contribution in [0.5, 0.6) is 0 Å². The Balaban J connectivity index is 0.000000258. The maximum absolute atomic E-state index is 4.93. The summed E-state index contributed by atoms with van der Waals surface area (Å²) in [5.74, 6) is 0.951. The zero-order valence-corrected chi connectivity index (χ0v) is 25.2. The van der Waals surface area contributed by atoms with Gasteiger partial charge in [0.2, 0.25) is 0 Å². The molecule has 0 nitrogen and oxygen atoms in total. The molecule has 32 heavy (non-hydrogen) atoms. The van der Waals surface area contributed by atoms with E-state index >= 15 is 0 Å². The molecule has 0 saturated carbocycles. The standard InChI is InChI=1S/2C13H15.C2H6Si.2ClH.Zr/c2*1-13(2,3)12-9-8-10-6-4-5-7-11(10)12;1-3-2;;;/h2*4-9,12H,1H2,2-3H3;1-2H3;2*1H;/q2*-1;;;;+4/p-2. The fraction of sp³-hybridized carbons (Fsp3) is 0.357. The third-order valence-corrected chi connectivity index (χ3v) is 5.28. The molecule has 2 aliphatic carbocycles. The summed E-state index contributed by atoms with van der Waals surface area (Å²) < 4.78 is 0. The van der Waals surface area contributed by atoms with Gasteiger partial charge in [0.15, 0.2) is 0 Å². The van der Waals surface area contributed by atoms with E-state index in [9.17, 15) is 0 Å². The van der Waals surface area contributed by atoms with E-state index in [1.54, 1.807) is 0 Å². The van der Waals surface area contributed by atoms with Crippen molar-refractivity contribution < 1.29 is 20.8 Å². The molecule has 0 heterocycles. The molecule has 170 valence electrons. The molecule has 0 saturated heterocycles. The molecule has 2 aliphatic rings. The van der Waals surface area contributed by atoms with Crippen LogP contribution in [0.25, 0.3) is 12.2 Å². The maximum atomic E-state index is 4.93. The zero-order chi connectivity index (χ0) is 24.4. The van der Waals surface area contributed by atoms with Crippen LogP contribution in [-0.4, -0.2) is 9.52 Å². The van der Waals surface area contributed by atoms with Crippen molar-refractivity contribution >= 4 is 38.7 Å². The van der Waals surface area contributed by atoms with Gasteiger partial charge in [-0.05, 0) is 34.1 Å². The van der Waals surface area contributed by atoms with E-state index in [1.165, 1.54) is 22.3 Å². The predicted molar refractivity (Wildman–Crippen MR) is 144 cm³/mol. The molecule has 4 heteroatoms. The molecule has 2 aromatic carbocycles. The second-order valence-corrected chi connectivity index (χ2v) is 14.2. The van der Waals surface area contributed by atoms with Gasteiger partial charge < -0.3 is 13.8 Å². The van der Waals surface area contributed by atoms with Crippen LogP contribution in [0.4, 0.5) is 0 Å². The van der Waals surface area contributed by atoms with Gasteiger partial charge in [0.25, 0.3) is 0 Å². The molecule has 0 aliphatic heterocycles. The van der Waals surface area contributed by atoms with Crippen molar-refractivity contribution in [2.75, 3.05) is 0 Å². The summed E-state index contributed by atoms with van der Waals surface area (Å²) in [7, 11) is 11.0. The van der Waals surface area contributed by atoms with Crippen molar-refractivity contribution in [3.8, 4) is 0 Å². The van der Waals surface area contributed by atoms with Crippen molar-refractivity contribution in [2.24, 2.45) is 10.8 Å². The summed E-state index contributed by atoms with van der Waals surface area (Å²) in [4.78, 5) is 0. The topological polar surface area (TPSA) is 0 Å². The van der Waals surface area contributed by atoms with Gasteiger partial charge >= 0.3 is 37.9 Å². The van der Waals surface area contributed by atoms with E-state index in [1.807, 2.05) is 0 Å². The Morgan fingerprint density at radius 3 is 1.28 bits per heavy atom. The number of hydrogen-bond acceptors (Lipinski definition) is 0. The molecule has 2 unspecified atom stereocenters. The van der Waals surface area contributed by atoms with Crippen LogP contribution in [0.3, 0.4) is 0 Å². The van der Waals surface area contributed by atoms with Gasteiger partial charge in [0.05, 0.1) is 0 Å². The number of halogens is 2. The Morgan fingerprint density at radius 1 is 0.719 bits per heavy atom. The molecule has 0 fully saturated rings. The average molecular weight is 563 g/mol. The Bertz CT molecular complexity index is 802. The summed E-state index contributed by atoms with van der Waals surface area (Å²) in [6, 6.07) is 17.1. The molecule has 0 bridgehead atoms. The molecule has 0 aromatic heterocycles. The molecule has 0 N–H and O–H groups in total. The second-order valence-electron chi connectivity index (χ2n) is 9.48. The van der Waals surface area contributed by atoms with Gasteiger partial charge in [-0.1, -0.05) is 114 Å². The van der Waals surface area contributed by atoms with Gasteiger partial charge in [-0.25, -0.2) is 0 Å². The minimum absolute atomic E-state index is 0.0864. The molecule has 0 amide bonds. The van der Waals surface area contributed by atoms with Crippen molar-refractivity contribution in [1.82, 2.24) is 0 Å². The number of fused-ring (bicyclic) bond motifs is 2. The molecule has 0 spiro atoms. The van der Waals surface area contributed by atoms with E-state index in [4.69, 9.17) is 17.0 Å². The van der Waals surface area contributed by atoms with Gasteiger partial charge in [-0.2, -0.15) is 10.8 Å². The fourth-order valence-corrected chi connectivity index (χ4v) is 3.86. The van der Waals surface area contributed by atoms with Gasteiger partial charge in [-0.15, -0.1) is 0 Å². The first-order valence-electron chi connectivity index (χ1n) is 10.8. The van der Waals surface area contributed by atoms with Crippen LogP contribution < -0.4 is 0 Å². The second kappa shape index (κ2) is 14.1. The monoisotopic (exact) mass is 560 g/mol. The first-order valence-corrected chi connectivity index (χ1v) is 19.1. The predicted octanol–water partition coefficient (Wildman–Crippen LogP) is 9.48. The summed E-state index contributed by atoms with van der Waals surface area (Å²) >= 11 is -0.826. The molecule has 2 atom stereocenters. The van der Waals surface area contributed by atoms with E-state index in [0.717, 1.165) is 9.52 Å². The summed E-state index contributed by atoms with van der Waals surface area (Å²) in [6.07, 6.45) is 8.93. The van der Waals surface area contributed by atoms with Crippen LogP contribution >= 0.6 is 17.0 Å². The van der Waals surface area contributed by atoms with Crippen LogP contribution in [0.2, 0.25) is 13.1 Å². The SMILES string of the molecule is C[Si]C.[CH2-]C(C)(C)C1C=Cc2ccccc21.[CH2-]C(C)(C)C1C=Cc2ccccc21.[Cl][Zr+2][Cl]. The zero-order valence-electron chi connectivity index (χ0n) is 20.3. The molecule has 2 radical (unpaired) electrons. The third kappa shape index (κ3) is 9.09.